The summed E-state index contributed by atoms with van der Waals surface area (Å²) in [5.41, 5.74) is 11.1. The zero-order valence-corrected chi connectivity index (χ0v) is 22.7. The molecule has 11 heteroatoms. The van der Waals surface area contributed by atoms with E-state index in [0.717, 1.165) is 23.1 Å². The number of hydrogen-bond acceptors (Lipinski definition) is 5. The fourth-order valence-electron chi connectivity index (χ4n) is 4.38. The first-order valence-electron chi connectivity index (χ1n) is 13.1. The topological polar surface area (TPSA) is 131 Å². The van der Waals surface area contributed by atoms with E-state index in [-0.39, 0.29) is 24.0 Å². The molecule has 8 nitrogen and oxygen atoms in total. The highest BCUT2D eigenvalue weighted by molar-refractivity contribution is 6.05. The van der Waals surface area contributed by atoms with Crippen molar-refractivity contribution in [3.63, 3.8) is 0 Å². The van der Waals surface area contributed by atoms with Crippen molar-refractivity contribution in [2.24, 2.45) is 5.73 Å². The second-order valence-corrected chi connectivity index (χ2v) is 9.81. The van der Waals surface area contributed by atoms with E-state index in [9.17, 15) is 22.8 Å². The first kappa shape index (κ1) is 30.8. The molecular weight excluding hydrogens is 563 g/mol. The Labute approximate surface area is 245 Å². The van der Waals surface area contributed by atoms with E-state index in [4.69, 9.17) is 20.4 Å². The number of aliphatic carboxylic acids is 1. The van der Waals surface area contributed by atoms with Gasteiger partial charge >= 0.3 is 18.2 Å². The lowest BCUT2D eigenvalue weighted by Crippen LogP contribution is -2.21. The van der Waals surface area contributed by atoms with Crippen molar-refractivity contribution in [3.8, 4) is 0 Å². The van der Waals surface area contributed by atoms with Crippen LogP contribution < -0.4 is 16.4 Å². The number of hydrogen-bond donors (Lipinski definition) is 4. The largest absolute Gasteiger partial charge is 0.490 e. The Morgan fingerprint density at radius 3 is 2.05 bits per heavy atom. The quantitative estimate of drug-likeness (QED) is 0.190. The molecule has 0 aromatic heterocycles. The number of nitrogens with two attached hydrogens (primary N) is 1. The van der Waals surface area contributed by atoms with Crippen molar-refractivity contribution in [2.75, 3.05) is 10.6 Å². The molecule has 1 fully saturated rings. The maximum absolute atomic E-state index is 12.8. The number of carboxylic acids is 1. The number of ether oxygens (including phenoxy) is 1. The van der Waals surface area contributed by atoms with Gasteiger partial charge in [0.25, 0.3) is 5.91 Å². The minimum atomic E-state index is -5.08. The molecule has 0 saturated heterocycles. The Morgan fingerprint density at radius 2 is 1.44 bits per heavy atom. The smallest absolute Gasteiger partial charge is 0.475 e. The molecule has 5 N–H and O–H groups in total. The molecule has 0 bridgehead atoms. The molecule has 1 aliphatic carbocycles. The number of carbonyl (C=O) groups excluding carboxylic acids is 2. The van der Waals surface area contributed by atoms with Gasteiger partial charge in [0.1, 0.15) is 6.61 Å². The van der Waals surface area contributed by atoms with Gasteiger partial charge in [0, 0.05) is 28.4 Å². The highest BCUT2D eigenvalue weighted by atomic mass is 19.4. The molecule has 2 unspecified atom stereocenters. The summed E-state index contributed by atoms with van der Waals surface area (Å²) in [5.74, 6) is -2.77. The first-order valence-corrected chi connectivity index (χ1v) is 13.1. The normalized spacial score (nSPS) is 17.1. The molecule has 5 rings (SSSR count). The number of benzene rings is 4. The van der Waals surface area contributed by atoms with Crippen LogP contribution in [0.25, 0.3) is 0 Å². The van der Waals surface area contributed by atoms with Crippen LogP contribution >= 0.6 is 0 Å². The monoisotopic (exact) mass is 591 g/mol. The van der Waals surface area contributed by atoms with Gasteiger partial charge in [-0.3, -0.25) is 10.1 Å². The number of nitrogens with one attached hydrogen (secondary N) is 2. The third-order valence-electron chi connectivity index (χ3n) is 6.71. The van der Waals surface area contributed by atoms with E-state index >= 15 is 0 Å². The molecule has 0 spiro atoms. The van der Waals surface area contributed by atoms with Gasteiger partial charge < -0.3 is 20.9 Å². The highest BCUT2D eigenvalue weighted by Gasteiger charge is 2.52. The average Bonchev–Trinajstić information content (AvgIpc) is 3.70. The summed E-state index contributed by atoms with van der Waals surface area (Å²) in [4.78, 5) is 33.8. The van der Waals surface area contributed by atoms with Gasteiger partial charge in [0.05, 0.1) is 0 Å². The molecule has 4 aromatic rings. The van der Waals surface area contributed by atoms with Gasteiger partial charge in [-0.25, -0.2) is 9.59 Å². The average molecular weight is 592 g/mol. The Bertz CT molecular complexity index is 1560. The Kier molecular flexibility index (Phi) is 9.46. The van der Waals surface area contributed by atoms with Crippen molar-refractivity contribution in [1.29, 1.82) is 0 Å². The molecule has 0 radical (unpaired) electrons. The van der Waals surface area contributed by atoms with Crippen molar-refractivity contribution in [1.82, 2.24) is 0 Å². The van der Waals surface area contributed by atoms with Gasteiger partial charge in [-0.15, -0.1) is 0 Å². The Hall–Kier alpha value is -5.16. The van der Waals surface area contributed by atoms with Crippen LogP contribution in [0.2, 0.25) is 0 Å². The molecule has 43 heavy (non-hydrogen) atoms. The standard InChI is InChI=1S/C30H27N3O3.C2HF3O2/c31-30(24-11-5-2-6-12-24)19-27(30)22-14-16-25(17-15-22)32-28(34)23-10-7-13-26(18-23)33-29(35)36-20-21-8-3-1-4-9-21;3-2(4,5)1(6)7/h1-18,27H,19-20,31H2,(H,32,34)(H,33,35);(H,6,7). The van der Waals surface area contributed by atoms with Crippen molar-refractivity contribution in [2.45, 2.75) is 30.7 Å². The third-order valence-corrected chi connectivity index (χ3v) is 6.71. The molecule has 0 aliphatic heterocycles. The lowest BCUT2D eigenvalue weighted by molar-refractivity contribution is -0.192. The van der Waals surface area contributed by atoms with Gasteiger partial charge in [-0.2, -0.15) is 13.2 Å². The van der Waals surface area contributed by atoms with Crippen LogP contribution in [-0.4, -0.2) is 29.3 Å². The van der Waals surface area contributed by atoms with Crippen LogP contribution in [0.3, 0.4) is 0 Å². The molecule has 1 aliphatic rings. The second kappa shape index (κ2) is 13.2. The van der Waals surface area contributed by atoms with E-state index in [2.05, 4.69) is 22.8 Å². The van der Waals surface area contributed by atoms with E-state index in [1.165, 1.54) is 0 Å². The number of carbonyl (C=O) groups is 3. The third kappa shape index (κ3) is 8.43. The SMILES string of the molecule is NC1(c2ccccc2)CC1c1ccc(NC(=O)c2cccc(NC(=O)OCc3ccccc3)c2)cc1.O=C(O)C(F)(F)F. The Balaban J connectivity index is 0.000000541. The minimum absolute atomic E-state index is 0.167. The van der Waals surface area contributed by atoms with Crippen molar-refractivity contribution in [3.05, 3.63) is 131 Å². The molecular formula is C32H28F3N3O5. The summed E-state index contributed by atoms with van der Waals surface area (Å²) in [5, 5.41) is 12.7. The van der Waals surface area contributed by atoms with Crippen LogP contribution in [0.4, 0.5) is 29.3 Å². The number of anilines is 2. The summed E-state index contributed by atoms with van der Waals surface area (Å²) in [6.07, 6.45) is -4.77. The number of carboxylic acid groups (broad SMARTS) is 1. The molecule has 222 valence electrons. The van der Waals surface area contributed by atoms with Gasteiger partial charge in [-0.1, -0.05) is 78.9 Å². The summed E-state index contributed by atoms with van der Waals surface area (Å²) in [6.45, 7) is 0.167. The van der Waals surface area contributed by atoms with Gasteiger partial charge in [-0.05, 0) is 53.4 Å². The highest BCUT2D eigenvalue weighted by Crippen LogP contribution is 2.56. The van der Waals surface area contributed by atoms with Crippen LogP contribution in [0.1, 0.15) is 39.4 Å². The fourth-order valence-corrected chi connectivity index (χ4v) is 4.38. The molecule has 2 amide bonds. The van der Waals surface area contributed by atoms with Gasteiger partial charge in [0.2, 0.25) is 0 Å². The summed E-state index contributed by atoms with van der Waals surface area (Å²) in [7, 11) is 0. The summed E-state index contributed by atoms with van der Waals surface area (Å²) in [6, 6.07) is 34.1. The molecule has 4 aromatic carbocycles. The Morgan fingerprint density at radius 1 is 0.837 bits per heavy atom. The summed E-state index contributed by atoms with van der Waals surface area (Å²) < 4.78 is 37.0. The van der Waals surface area contributed by atoms with Crippen molar-refractivity contribution < 1.29 is 37.4 Å². The lowest BCUT2D eigenvalue weighted by Gasteiger charge is -2.13. The van der Waals surface area contributed by atoms with Crippen LogP contribution in [-0.2, 0) is 21.7 Å². The van der Waals surface area contributed by atoms with Crippen molar-refractivity contribution >= 4 is 29.3 Å². The van der Waals surface area contributed by atoms with E-state index in [0.29, 0.717) is 16.9 Å². The maximum Gasteiger partial charge on any atom is 0.490 e. The first-order chi connectivity index (χ1) is 20.5. The van der Waals surface area contributed by atoms with Crippen LogP contribution in [0.15, 0.2) is 109 Å². The molecule has 1 saturated carbocycles. The number of rotatable bonds is 7. The number of alkyl halides is 3. The van der Waals surface area contributed by atoms with E-state index < -0.39 is 18.2 Å². The molecule has 2 atom stereocenters. The lowest BCUT2D eigenvalue weighted by atomic mass is 9.99. The zero-order chi connectivity index (χ0) is 31.0. The van der Waals surface area contributed by atoms with Crippen LogP contribution in [0.5, 0.6) is 0 Å². The number of amides is 2. The van der Waals surface area contributed by atoms with Crippen LogP contribution in [0, 0.1) is 0 Å². The summed E-state index contributed by atoms with van der Waals surface area (Å²) >= 11 is 0. The van der Waals surface area contributed by atoms with E-state index in [1.807, 2.05) is 72.8 Å². The van der Waals surface area contributed by atoms with Gasteiger partial charge in [0.15, 0.2) is 0 Å². The molecule has 0 heterocycles. The fraction of sp³-hybridized carbons (Fsp3) is 0.156. The predicted octanol–water partition coefficient (Wildman–Crippen LogP) is 6.66. The minimum Gasteiger partial charge on any atom is -0.475 e. The number of halogens is 3. The van der Waals surface area contributed by atoms with E-state index in [1.54, 1.807) is 24.3 Å². The maximum atomic E-state index is 12.8. The predicted molar refractivity (Wildman–Crippen MR) is 154 cm³/mol. The zero-order valence-electron chi connectivity index (χ0n) is 22.7. The second-order valence-electron chi connectivity index (χ2n) is 9.81.